The average Bonchev–Trinajstić information content (AvgIpc) is 2.50. The summed E-state index contributed by atoms with van der Waals surface area (Å²) in [6.45, 7) is 5.48. The number of aliphatic hydroxyl groups excluding tert-OH is 1. The lowest BCUT2D eigenvalue weighted by molar-refractivity contribution is 0.226. The van der Waals surface area contributed by atoms with Gasteiger partial charge in [-0.3, -0.25) is 0 Å². The van der Waals surface area contributed by atoms with Crippen molar-refractivity contribution in [1.29, 1.82) is 0 Å². The van der Waals surface area contributed by atoms with Crippen LogP contribution in [0.15, 0.2) is 29.4 Å². The summed E-state index contributed by atoms with van der Waals surface area (Å²) >= 11 is 0. The van der Waals surface area contributed by atoms with Gasteiger partial charge in [0.2, 0.25) is 0 Å². The largest absolute Gasteiger partial charge is 0.469 e. The van der Waals surface area contributed by atoms with Crippen molar-refractivity contribution < 1.29 is 9.52 Å². The maximum Gasteiger partial charge on any atom is 0.109 e. The predicted molar refractivity (Wildman–Crippen MR) is 43.2 cm³/mol. The van der Waals surface area contributed by atoms with Crippen LogP contribution >= 0.6 is 0 Å². The van der Waals surface area contributed by atoms with E-state index in [4.69, 9.17) is 4.42 Å². The molecule has 1 aromatic rings. The first-order valence-corrected chi connectivity index (χ1v) is 3.66. The second-order valence-corrected chi connectivity index (χ2v) is 2.33. The van der Waals surface area contributed by atoms with Gasteiger partial charge in [-0.1, -0.05) is 13.0 Å². The molecule has 0 aliphatic heterocycles. The Labute approximate surface area is 66.2 Å². The number of aryl methyl sites for hydroxylation is 1. The second kappa shape index (κ2) is 3.39. The first kappa shape index (κ1) is 8.08. The number of hydrogen-bond acceptors (Lipinski definition) is 2. The van der Waals surface area contributed by atoms with Crippen molar-refractivity contribution in [3.63, 3.8) is 0 Å². The molecule has 0 aliphatic rings. The third kappa shape index (κ3) is 1.52. The molecule has 0 spiro atoms. The third-order valence-electron chi connectivity index (χ3n) is 1.64. The van der Waals surface area contributed by atoms with E-state index in [1.165, 1.54) is 6.08 Å². The molecule has 1 rings (SSSR count). The van der Waals surface area contributed by atoms with Gasteiger partial charge in [0, 0.05) is 12.0 Å². The zero-order chi connectivity index (χ0) is 8.27. The molecule has 11 heavy (non-hydrogen) atoms. The minimum Gasteiger partial charge on any atom is -0.469 e. The lowest BCUT2D eigenvalue weighted by atomic mass is 10.1. The van der Waals surface area contributed by atoms with E-state index in [1.807, 2.05) is 6.92 Å². The molecule has 1 heterocycles. The second-order valence-electron chi connectivity index (χ2n) is 2.33. The van der Waals surface area contributed by atoms with Crippen molar-refractivity contribution in [2.24, 2.45) is 0 Å². The fourth-order valence-electron chi connectivity index (χ4n) is 1.03. The van der Waals surface area contributed by atoms with Crippen LogP contribution in [0.2, 0.25) is 0 Å². The predicted octanol–water partition coefficient (Wildman–Crippen LogP) is 2.06. The summed E-state index contributed by atoms with van der Waals surface area (Å²) in [7, 11) is 0. The average molecular weight is 152 g/mol. The molecule has 60 valence electrons. The maximum atomic E-state index is 9.35. The summed E-state index contributed by atoms with van der Waals surface area (Å²) in [5.41, 5.74) is 0.822. The van der Waals surface area contributed by atoms with Crippen LogP contribution in [-0.4, -0.2) is 5.11 Å². The molecule has 0 bridgehead atoms. The van der Waals surface area contributed by atoms with E-state index in [2.05, 4.69) is 6.58 Å². The molecule has 1 atom stereocenters. The van der Waals surface area contributed by atoms with Crippen molar-refractivity contribution in [2.45, 2.75) is 19.4 Å². The summed E-state index contributed by atoms with van der Waals surface area (Å²) in [5, 5.41) is 9.35. The van der Waals surface area contributed by atoms with Gasteiger partial charge < -0.3 is 9.52 Å². The van der Waals surface area contributed by atoms with Crippen molar-refractivity contribution in [1.82, 2.24) is 0 Å². The number of aliphatic hydroxyl groups is 1. The van der Waals surface area contributed by atoms with E-state index < -0.39 is 6.10 Å². The Morgan fingerprint density at radius 3 is 3.09 bits per heavy atom. The minimum atomic E-state index is -0.594. The molecule has 0 radical (unpaired) electrons. The SMILES string of the molecule is C=CC(O)c1ccoc1CC. The van der Waals surface area contributed by atoms with Gasteiger partial charge in [0.1, 0.15) is 11.9 Å². The van der Waals surface area contributed by atoms with E-state index in [9.17, 15) is 5.11 Å². The Kier molecular flexibility index (Phi) is 2.49. The quantitative estimate of drug-likeness (QED) is 0.672. The topological polar surface area (TPSA) is 33.4 Å². The molecule has 0 fully saturated rings. The van der Waals surface area contributed by atoms with Crippen LogP contribution in [0.25, 0.3) is 0 Å². The summed E-state index contributed by atoms with van der Waals surface area (Å²) in [4.78, 5) is 0. The molecular formula is C9H12O2. The molecule has 0 saturated heterocycles. The van der Waals surface area contributed by atoms with E-state index in [0.717, 1.165) is 17.7 Å². The van der Waals surface area contributed by atoms with Gasteiger partial charge in [-0.05, 0) is 6.07 Å². The van der Waals surface area contributed by atoms with Crippen LogP contribution in [0.4, 0.5) is 0 Å². The molecule has 1 aromatic heterocycles. The molecule has 2 nitrogen and oxygen atoms in total. The molecule has 1 unspecified atom stereocenters. The Balaban J connectivity index is 2.91. The van der Waals surface area contributed by atoms with Gasteiger partial charge in [0.15, 0.2) is 0 Å². The first-order chi connectivity index (χ1) is 5.29. The zero-order valence-electron chi connectivity index (χ0n) is 6.58. The van der Waals surface area contributed by atoms with Gasteiger partial charge in [0.05, 0.1) is 6.26 Å². The molecule has 0 aromatic carbocycles. The van der Waals surface area contributed by atoms with Crippen molar-refractivity contribution in [2.75, 3.05) is 0 Å². The Hall–Kier alpha value is -1.02. The highest BCUT2D eigenvalue weighted by Gasteiger charge is 2.09. The van der Waals surface area contributed by atoms with Crippen LogP contribution in [0.3, 0.4) is 0 Å². The standard InChI is InChI=1S/C9H12O2/c1-3-8(10)7-5-6-11-9(7)4-2/h3,5-6,8,10H,1,4H2,2H3. The van der Waals surface area contributed by atoms with Crippen molar-refractivity contribution >= 4 is 0 Å². The van der Waals surface area contributed by atoms with E-state index in [0.29, 0.717) is 0 Å². The normalized spacial score (nSPS) is 12.9. The number of hydrogen-bond donors (Lipinski definition) is 1. The smallest absolute Gasteiger partial charge is 0.109 e. The van der Waals surface area contributed by atoms with Crippen LogP contribution in [0.1, 0.15) is 24.4 Å². The highest BCUT2D eigenvalue weighted by Crippen LogP contribution is 2.20. The van der Waals surface area contributed by atoms with Crippen LogP contribution < -0.4 is 0 Å². The third-order valence-corrected chi connectivity index (χ3v) is 1.64. The Bertz CT molecular complexity index is 237. The van der Waals surface area contributed by atoms with Crippen LogP contribution in [-0.2, 0) is 6.42 Å². The van der Waals surface area contributed by atoms with Gasteiger partial charge >= 0.3 is 0 Å². The lowest BCUT2D eigenvalue weighted by Gasteiger charge is -2.02. The molecule has 0 amide bonds. The van der Waals surface area contributed by atoms with E-state index in [1.54, 1.807) is 12.3 Å². The highest BCUT2D eigenvalue weighted by atomic mass is 16.3. The summed E-state index contributed by atoms with van der Waals surface area (Å²) < 4.78 is 5.13. The maximum absolute atomic E-state index is 9.35. The zero-order valence-corrected chi connectivity index (χ0v) is 6.58. The Morgan fingerprint density at radius 1 is 1.82 bits per heavy atom. The summed E-state index contributed by atoms with van der Waals surface area (Å²) in [6, 6.07) is 1.77. The fraction of sp³-hybridized carbons (Fsp3) is 0.333. The van der Waals surface area contributed by atoms with Gasteiger partial charge in [-0.15, -0.1) is 6.58 Å². The molecule has 0 aliphatic carbocycles. The highest BCUT2D eigenvalue weighted by molar-refractivity contribution is 5.22. The summed E-state index contributed by atoms with van der Waals surface area (Å²) in [5.74, 6) is 0.831. The minimum absolute atomic E-state index is 0.594. The lowest BCUT2D eigenvalue weighted by Crippen LogP contribution is -1.93. The van der Waals surface area contributed by atoms with Crippen LogP contribution in [0, 0.1) is 0 Å². The van der Waals surface area contributed by atoms with Crippen LogP contribution in [0.5, 0.6) is 0 Å². The fourth-order valence-corrected chi connectivity index (χ4v) is 1.03. The van der Waals surface area contributed by atoms with Crippen molar-refractivity contribution in [3.05, 3.63) is 36.3 Å². The molecule has 2 heteroatoms. The molecular weight excluding hydrogens is 140 g/mol. The van der Waals surface area contributed by atoms with Crippen molar-refractivity contribution in [3.8, 4) is 0 Å². The number of furan rings is 1. The Morgan fingerprint density at radius 2 is 2.55 bits per heavy atom. The summed E-state index contributed by atoms with van der Waals surface area (Å²) in [6.07, 6.45) is 3.28. The van der Waals surface area contributed by atoms with Gasteiger partial charge in [0.25, 0.3) is 0 Å². The number of rotatable bonds is 3. The molecule has 0 saturated carbocycles. The first-order valence-electron chi connectivity index (χ1n) is 3.66. The molecule has 1 N–H and O–H groups in total. The van der Waals surface area contributed by atoms with E-state index >= 15 is 0 Å². The van der Waals surface area contributed by atoms with Gasteiger partial charge in [-0.2, -0.15) is 0 Å². The monoisotopic (exact) mass is 152 g/mol. The van der Waals surface area contributed by atoms with Gasteiger partial charge in [-0.25, -0.2) is 0 Å². The van der Waals surface area contributed by atoms with E-state index in [-0.39, 0.29) is 0 Å².